The lowest BCUT2D eigenvalue weighted by molar-refractivity contribution is -0.142. The molecule has 1 amide bonds. The van der Waals surface area contributed by atoms with Crippen LogP contribution in [0.1, 0.15) is 66.4 Å². The van der Waals surface area contributed by atoms with Crippen molar-refractivity contribution < 1.29 is 23.5 Å². The zero-order chi connectivity index (χ0) is 35.5. The van der Waals surface area contributed by atoms with E-state index in [1.54, 1.807) is 41.3 Å². The lowest BCUT2D eigenvalue weighted by Crippen LogP contribution is -2.49. The Hall–Kier alpha value is -3.83. The molecular weight excluding hydrogens is 631 g/mol. The van der Waals surface area contributed by atoms with E-state index in [9.17, 15) is 9.59 Å². The van der Waals surface area contributed by atoms with Gasteiger partial charge in [-0.05, 0) is 106 Å². The van der Waals surface area contributed by atoms with Crippen molar-refractivity contribution in [2.75, 3.05) is 4.90 Å². The van der Waals surface area contributed by atoms with Gasteiger partial charge >= 0.3 is 12.1 Å². The minimum atomic E-state index is -2.18. The Morgan fingerprint density at radius 1 is 0.875 bits per heavy atom. The third kappa shape index (κ3) is 8.99. The monoisotopic (exact) mass is 681 g/mol. The van der Waals surface area contributed by atoms with Crippen LogP contribution in [0.15, 0.2) is 66.3 Å². The molecule has 2 aromatic carbocycles. The van der Waals surface area contributed by atoms with Crippen molar-refractivity contribution >= 4 is 39.7 Å². The van der Waals surface area contributed by atoms with Crippen molar-refractivity contribution in [1.82, 2.24) is 0 Å². The number of hydrogen-bond donors (Lipinski definition) is 0. The summed E-state index contributed by atoms with van der Waals surface area (Å²) in [6.07, 6.45) is 5.34. The summed E-state index contributed by atoms with van der Waals surface area (Å²) in [5.74, 6) is 10.1. The van der Waals surface area contributed by atoms with Gasteiger partial charge in [0.2, 0.25) is 0 Å². The van der Waals surface area contributed by atoms with Gasteiger partial charge in [0.25, 0.3) is 0 Å². The lowest BCUT2D eigenvalue weighted by atomic mass is 9.78. The molecule has 254 valence electrons. The first-order valence-corrected chi connectivity index (χ1v) is 23.2. The largest absolute Gasteiger partial charge is 0.426 e. The molecule has 0 spiro atoms. The molecule has 0 aromatic heterocycles. The van der Waals surface area contributed by atoms with Gasteiger partial charge in [-0.1, -0.05) is 76.4 Å². The number of carbonyl (C=O) groups is 2. The van der Waals surface area contributed by atoms with Crippen LogP contribution in [-0.4, -0.2) is 40.6 Å². The second kappa shape index (κ2) is 14.3. The molecule has 1 heterocycles. The number of benzene rings is 2. The molecule has 48 heavy (non-hydrogen) atoms. The van der Waals surface area contributed by atoms with Gasteiger partial charge in [-0.15, -0.1) is 5.54 Å². The maximum absolute atomic E-state index is 14.2. The summed E-state index contributed by atoms with van der Waals surface area (Å²) in [7, 11) is -3.71. The van der Waals surface area contributed by atoms with Crippen molar-refractivity contribution in [3.05, 3.63) is 71.8 Å². The molecule has 0 N–H and O–H groups in total. The van der Waals surface area contributed by atoms with Crippen LogP contribution < -0.4 is 14.4 Å². The van der Waals surface area contributed by atoms with Crippen LogP contribution in [0.2, 0.25) is 37.8 Å². The fourth-order valence-electron chi connectivity index (χ4n) is 5.26. The molecule has 8 heteroatoms. The SMILES string of the molecule is CC(C)(C)C(=O)Oc1ccc2c(c1)N(C(=O)Oc1ccccc1)C(C#CC=CC#C[Si](C)(C)C)C1=C2C(O[Si](C)(C)C(C)(C)C)CCC1. The Bertz CT molecular complexity index is 1710. The van der Waals surface area contributed by atoms with E-state index < -0.39 is 33.9 Å². The van der Waals surface area contributed by atoms with Crippen molar-refractivity contribution in [1.29, 1.82) is 0 Å². The number of allylic oxidation sites excluding steroid dienone is 2. The Labute approximate surface area is 290 Å². The molecule has 2 aliphatic rings. The molecule has 6 nitrogen and oxygen atoms in total. The number of anilines is 1. The van der Waals surface area contributed by atoms with Gasteiger partial charge in [-0.2, -0.15) is 0 Å². The predicted octanol–water partition coefficient (Wildman–Crippen LogP) is 9.79. The molecular formula is C40H51NO5Si2. The molecule has 1 aliphatic carbocycles. The molecule has 0 bridgehead atoms. The number of carbonyl (C=O) groups excluding carboxylic acids is 2. The van der Waals surface area contributed by atoms with Crippen LogP contribution in [0.5, 0.6) is 11.5 Å². The predicted molar refractivity (Wildman–Crippen MR) is 201 cm³/mol. The summed E-state index contributed by atoms with van der Waals surface area (Å²) in [6, 6.07) is 13.9. The van der Waals surface area contributed by atoms with E-state index in [2.05, 4.69) is 76.8 Å². The first-order valence-electron chi connectivity index (χ1n) is 16.8. The normalized spacial score (nSPS) is 18.2. The Morgan fingerprint density at radius 3 is 2.17 bits per heavy atom. The number of nitrogens with zero attached hydrogens (tertiary/aromatic N) is 1. The van der Waals surface area contributed by atoms with Gasteiger partial charge in [-0.3, -0.25) is 9.69 Å². The van der Waals surface area contributed by atoms with E-state index in [4.69, 9.17) is 13.9 Å². The van der Waals surface area contributed by atoms with Crippen LogP contribution in [0, 0.1) is 28.7 Å². The van der Waals surface area contributed by atoms with Crippen LogP contribution in [0.3, 0.4) is 0 Å². The third-order valence-electron chi connectivity index (χ3n) is 8.82. The van der Waals surface area contributed by atoms with E-state index in [1.807, 2.05) is 45.0 Å². The van der Waals surface area contributed by atoms with Gasteiger partial charge in [0, 0.05) is 11.6 Å². The highest BCUT2D eigenvalue weighted by Crippen LogP contribution is 2.49. The van der Waals surface area contributed by atoms with E-state index in [-0.39, 0.29) is 17.1 Å². The van der Waals surface area contributed by atoms with E-state index >= 15 is 0 Å². The van der Waals surface area contributed by atoms with Crippen molar-refractivity contribution in [3.63, 3.8) is 0 Å². The van der Waals surface area contributed by atoms with E-state index in [0.29, 0.717) is 17.2 Å². The molecule has 2 aromatic rings. The standard InChI is InChI=1S/C40H51NO5Si2/c1-39(2,3)37(42)44-30-25-26-32-34(28-30)41(38(43)45-29-20-15-14-16-21-29)33(23-17-12-13-18-27-47(7,8)9)31-22-19-24-35(36(31)32)46-48(10,11)40(4,5)6/h12-16,20-21,25-26,28,33,35H,19,22,24H2,1-11H3. The quantitative estimate of drug-likeness (QED) is 0.139. The summed E-state index contributed by atoms with van der Waals surface area (Å²) < 4.78 is 18.9. The molecule has 2 unspecified atom stereocenters. The van der Waals surface area contributed by atoms with Gasteiger partial charge < -0.3 is 13.9 Å². The molecule has 4 rings (SSSR count). The first-order chi connectivity index (χ1) is 22.3. The number of para-hydroxylation sites is 1. The highest BCUT2D eigenvalue weighted by atomic mass is 28.4. The second-order valence-electron chi connectivity index (χ2n) is 16.1. The highest BCUT2D eigenvalue weighted by molar-refractivity contribution is 6.83. The molecule has 0 saturated heterocycles. The molecule has 2 atom stereocenters. The summed E-state index contributed by atoms with van der Waals surface area (Å²) in [4.78, 5) is 28.8. The number of hydrogen-bond acceptors (Lipinski definition) is 5. The van der Waals surface area contributed by atoms with E-state index in [0.717, 1.165) is 36.0 Å². The minimum absolute atomic E-state index is 0.0140. The number of esters is 1. The van der Waals surface area contributed by atoms with Gasteiger partial charge in [-0.25, -0.2) is 4.79 Å². The van der Waals surface area contributed by atoms with Gasteiger partial charge in [0.15, 0.2) is 8.32 Å². The molecule has 1 aliphatic heterocycles. The lowest BCUT2D eigenvalue weighted by Gasteiger charge is -2.45. The summed E-state index contributed by atoms with van der Waals surface area (Å²) >= 11 is 0. The third-order valence-corrected chi connectivity index (χ3v) is 14.2. The van der Waals surface area contributed by atoms with Crippen LogP contribution in [0.4, 0.5) is 10.5 Å². The molecule has 0 fully saturated rings. The fraction of sp³-hybridized carbons (Fsp3) is 0.450. The zero-order valence-electron chi connectivity index (χ0n) is 30.5. The van der Waals surface area contributed by atoms with Gasteiger partial charge in [0.05, 0.1) is 17.2 Å². The summed E-state index contributed by atoms with van der Waals surface area (Å²) in [5.41, 5.74) is 6.18. The maximum atomic E-state index is 14.2. The van der Waals surface area contributed by atoms with E-state index in [1.165, 1.54) is 0 Å². The van der Waals surface area contributed by atoms with Gasteiger partial charge in [0.1, 0.15) is 25.6 Å². The average Bonchev–Trinajstić information content (AvgIpc) is 2.97. The van der Waals surface area contributed by atoms with Crippen LogP contribution >= 0.6 is 0 Å². The smallest absolute Gasteiger partial charge is 0.421 e. The molecule has 0 saturated carbocycles. The summed E-state index contributed by atoms with van der Waals surface area (Å²) in [5, 5.41) is 0.0140. The Kier molecular flexibility index (Phi) is 11.1. The minimum Gasteiger partial charge on any atom is -0.426 e. The topological polar surface area (TPSA) is 65.1 Å². The Morgan fingerprint density at radius 2 is 1.54 bits per heavy atom. The number of ether oxygens (including phenoxy) is 2. The maximum Gasteiger partial charge on any atom is 0.421 e. The highest BCUT2D eigenvalue weighted by Gasteiger charge is 2.45. The second-order valence-corrected chi connectivity index (χ2v) is 25.6. The van der Waals surface area contributed by atoms with Crippen molar-refractivity contribution in [2.24, 2.45) is 5.41 Å². The number of rotatable bonds is 4. The number of fused-ring (bicyclic) bond motifs is 2. The van der Waals surface area contributed by atoms with Crippen LogP contribution in [-0.2, 0) is 9.22 Å². The zero-order valence-corrected chi connectivity index (χ0v) is 32.5. The van der Waals surface area contributed by atoms with Crippen molar-refractivity contribution in [2.45, 2.75) is 111 Å². The van der Waals surface area contributed by atoms with Crippen LogP contribution in [0.25, 0.3) is 5.57 Å². The average molecular weight is 682 g/mol. The fourth-order valence-corrected chi connectivity index (χ4v) is 7.08. The first kappa shape index (κ1) is 37.0. The summed E-state index contributed by atoms with van der Waals surface area (Å²) in [6.45, 7) is 23.3. The molecule has 0 radical (unpaired) electrons. The Balaban J connectivity index is 1.92. The number of amides is 1. The van der Waals surface area contributed by atoms with Crippen molar-refractivity contribution in [3.8, 4) is 34.8 Å².